The summed E-state index contributed by atoms with van der Waals surface area (Å²) in [6, 6.07) is 14.2. The Morgan fingerprint density at radius 1 is 1.03 bits per heavy atom. The minimum absolute atomic E-state index is 0.0398. The van der Waals surface area contributed by atoms with E-state index >= 15 is 0 Å². The van der Waals surface area contributed by atoms with E-state index in [0.29, 0.717) is 32.0 Å². The first kappa shape index (κ1) is 24.9. The van der Waals surface area contributed by atoms with Crippen molar-refractivity contribution in [1.29, 1.82) is 0 Å². The van der Waals surface area contributed by atoms with Crippen LogP contribution in [-0.4, -0.2) is 41.6 Å². The van der Waals surface area contributed by atoms with Gasteiger partial charge in [0.15, 0.2) is 11.6 Å². The molecule has 3 aromatic rings. The quantitative estimate of drug-likeness (QED) is 0.486. The molecule has 0 N–H and O–H groups in total. The van der Waals surface area contributed by atoms with Crippen LogP contribution >= 0.6 is 0 Å². The highest BCUT2D eigenvalue weighted by molar-refractivity contribution is 7.89. The molecule has 1 saturated heterocycles. The topological polar surface area (TPSA) is 70.6 Å². The predicted molar refractivity (Wildman–Crippen MR) is 128 cm³/mol. The lowest BCUT2D eigenvalue weighted by atomic mass is 9.95. The van der Waals surface area contributed by atoms with Crippen molar-refractivity contribution in [1.82, 2.24) is 14.2 Å². The van der Waals surface area contributed by atoms with Crippen molar-refractivity contribution in [3.63, 3.8) is 0 Å². The average Bonchev–Trinajstić information content (AvgIpc) is 2.87. The van der Waals surface area contributed by atoms with Gasteiger partial charge in [-0.2, -0.15) is 4.31 Å². The van der Waals surface area contributed by atoms with Crippen molar-refractivity contribution in [3.8, 4) is 0 Å². The molecule has 2 heterocycles. The molecule has 184 valence electrons. The number of aromatic nitrogens is 1. The highest BCUT2D eigenvalue weighted by atomic mass is 32.2. The van der Waals surface area contributed by atoms with Crippen molar-refractivity contribution in [3.05, 3.63) is 95.3 Å². The molecule has 0 aliphatic carbocycles. The number of sulfonamides is 1. The average molecular weight is 500 g/mol. The van der Waals surface area contributed by atoms with E-state index in [1.807, 2.05) is 43.3 Å². The number of nitrogens with zero attached hydrogens (tertiary/aromatic N) is 3. The minimum Gasteiger partial charge on any atom is -0.334 e. The van der Waals surface area contributed by atoms with Crippen LogP contribution < -0.4 is 0 Å². The third-order valence-electron chi connectivity index (χ3n) is 6.36. The fourth-order valence-corrected chi connectivity index (χ4v) is 5.79. The Morgan fingerprint density at radius 3 is 2.43 bits per heavy atom. The van der Waals surface area contributed by atoms with Crippen molar-refractivity contribution < 1.29 is 22.0 Å². The van der Waals surface area contributed by atoms with Gasteiger partial charge in [0.1, 0.15) is 0 Å². The molecule has 9 heteroatoms. The second-order valence-corrected chi connectivity index (χ2v) is 10.7. The van der Waals surface area contributed by atoms with Crippen LogP contribution in [0.25, 0.3) is 0 Å². The SMILES string of the molecule is Cc1ccccc1CN(Cc1cccnc1)C(=O)C1CCN(S(=O)(=O)c2ccc(F)c(F)c2)CC1. The zero-order valence-electron chi connectivity index (χ0n) is 19.4. The molecule has 1 amide bonds. The minimum atomic E-state index is -3.98. The van der Waals surface area contributed by atoms with Gasteiger partial charge in [0.2, 0.25) is 15.9 Å². The van der Waals surface area contributed by atoms with Gasteiger partial charge in [-0.1, -0.05) is 30.3 Å². The van der Waals surface area contributed by atoms with Crippen LogP contribution in [0.5, 0.6) is 0 Å². The largest absolute Gasteiger partial charge is 0.334 e. The number of rotatable bonds is 7. The molecule has 1 aliphatic heterocycles. The Labute approximate surface area is 204 Å². The van der Waals surface area contributed by atoms with E-state index in [0.717, 1.165) is 28.8 Å². The van der Waals surface area contributed by atoms with Crippen molar-refractivity contribution in [2.24, 2.45) is 5.92 Å². The van der Waals surface area contributed by atoms with Gasteiger partial charge < -0.3 is 4.90 Å². The number of piperidine rings is 1. The molecule has 4 rings (SSSR count). The number of aryl methyl sites for hydroxylation is 1. The van der Waals surface area contributed by atoms with Crippen LogP contribution in [0, 0.1) is 24.5 Å². The maximum Gasteiger partial charge on any atom is 0.243 e. The molecule has 0 saturated carbocycles. The van der Waals surface area contributed by atoms with E-state index in [1.165, 1.54) is 4.31 Å². The van der Waals surface area contributed by atoms with Crippen molar-refractivity contribution in [2.45, 2.75) is 37.8 Å². The molecule has 1 fully saturated rings. The molecule has 1 aromatic heterocycles. The van der Waals surface area contributed by atoms with Gasteiger partial charge in [0.05, 0.1) is 4.90 Å². The van der Waals surface area contributed by atoms with E-state index in [-0.39, 0.29) is 29.8 Å². The second-order valence-electron chi connectivity index (χ2n) is 8.74. The molecule has 1 aliphatic rings. The van der Waals surface area contributed by atoms with E-state index in [9.17, 15) is 22.0 Å². The maximum atomic E-state index is 13.6. The van der Waals surface area contributed by atoms with Crippen LogP contribution in [0.2, 0.25) is 0 Å². The van der Waals surface area contributed by atoms with Crippen molar-refractivity contribution >= 4 is 15.9 Å². The van der Waals surface area contributed by atoms with Gasteiger partial charge >= 0.3 is 0 Å². The summed E-state index contributed by atoms with van der Waals surface area (Å²) in [5.41, 5.74) is 3.04. The summed E-state index contributed by atoms with van der Waals surface area (Å²) in [4.78, 5) is 19.2. The second kappa shape index (κ2) is 10.6. The van der Waals surface area contributed by atoms with Gasteiger partial charge in [-0.05, 0) is 60.7 Å². The van der Waals surface area contributed by atoms with Crippen LogP contribution in [-0.2, 0) is 27.9 Å². The monoisotopic (exact) mass is 499 g/mol. The molecule has 0 unspecified atom stereocenters. The van der Waals surface area contributed by atoms with E-state index in [1.54, 1.807) is 17.3 Å². The lowest BCUT2D eigenvalue weighted by Crippen LogP contribution is -2.44. The van der Waals surface area contributed by atoms with Crippen LogP contribution in [0.15, 0.2) is 71.9 Å². The van der Waals surface area contributed by atoms with E-state index in [4.69, 9.17) is 0 Å². The molecule has 2 aromatic carbocycles. The van der Waals surface area contributed by atoms with Gasteiger partial charge in [-0.25, -0.2) is 17.2 Å². The van der Waals surface area contributed by atoms with E-state index in [2.05, 4.69) is 4.98 Å². The molecular formula is C26H27F2N3O3S. The van der Waals surface area contributed by atoms with Gasteiger partial charge in [-0.15, -0.1) is 0 Å². The number of carbonyl (C=O) groups is 1. The zero-order chi connectivity index (χ0) is 25.0. The molecule has 0 radical (unpaired) electrons. The smallest absolute Gasteiger partial charge is 0.243 e. The lowest BCUT2D eigenvalue weighted by molar-refractivity contribution is -0.138. The highest BCUT2D eigenvalue weighted by Crippen LogP contribution is 2.27. The van der Waals surface area contributed by atoms with Gasteiger partial charge in [0, 0.05) is 44.5 Å². The van der Waals surface area contributed by atoms with Gasteiger partial charge in [-0.3, -0.25) is 9.78 Å². The summed E-state index contributed by atoms with van der Waals surface area (Å²) >= 11 is 0. The highest BCUT2D eigenvalue weighted by Gasteiger charge is 2.34. The fraction of sp³-hybridized carbons (Fsp3) is 0.308. The number of carbonyl (C=O) groups excluding carboxylic acids is 1. The Balaban J connectivity index is 1.48. The van der Waals surface area contributed by atoms with Crippen LogP contribution in [0.4, 0.5) is 8.78 Å². The zero-order valence-corrected chi connectivity index (χ0v) is 20.2. The summed E-state index contributed by atoms with van der Waals surface area (Å²) in [7, 11) is -3.98. The number of halogens is 2. The first-order valence-electron chi connectivity index (χ1n) is 11.4. The summed E-state index contributed by atoms with van der Waals surface area (Å²) in [6.45, 7) is 3.09. The molecule has 35 heavy (non-hydrogen) atoms. The normalized spacial score (nSPS) is 15.2. The molecule has 0 atom stereocenters. The molecular weight excluding hydrogens is 472 g/mol. The fourth-order valence-electron chi connectivity index (χ4n) is 4.30. The summed E-state index contributed by atoms with van der Waals surface area (Å²) in [5, 5.41) is 0. The third-order valence-corrected chi connectivity index (χ3v) is 8.26. The first-order valence-corrected chi connectivity index (χ1v) is 12.9. The van der Waals surface area contributed by atoms with Gasteiger partial charge in [0.25, 0.3) is 0 Å². The lowest BCUT2D eigenvalue weighted by Gasteiger charge is -2.34. The maximum absolute atomic E-state index is 13.6. The first-order chi connectivity index (χ1) is 16.8. The van der Waals surface area contributed by atoms with Crippen LogP contribution in [0.3, 0.4) is 0 Å². The summed E-state index contributed by atoms with van der Waals surface area (Å²) in [5.74, 6) is -2.69. The van der Waals surface area contributed by atoms with E-state index < -0.39 is 21.7 Å². The molecule has 0 bridgehead atoms. The number of hydrogen-bond acceptors (Lipinski definition) is 4. The summed E-state index contributed by atoms with van der Waals surface area (Å²) in [6.07, 6.45) is 4.10. The Bertz CT molecular complexity index is 1290. The number of amides is 1. The number of hydrogen-bond donors (Lipinski definition) is 0. The Morgan fingerprint density at radius 2 is 1.77 bits per heavy atom. The Kier molecular flexibility index (Phi) is 7.57. The summed E-state index contributed by atoms with van der Waals surface area (Å²) < 4.78 is 53.9. The predicted octanol–water partition coefficient (Wildman–Crippen LogP) is 4.30. The van der Waals surface area contributed by atoms with Crippen molar-refractivity contribution in [2.75, 3.05) is 13.1 Å². The Hall–Kier alpha value is -3.17. The number of pyridine rings is 1. The molecule has 0 spiro atoms. The number of benzene rings is 2. The third kappa shape index (κ3) is 5.74. The van der Waals surface area contributed by atoms with Crippen LogP contribution in [0.1, 0.15) is 29.5 Å². The standard InChI is InChI=1S/C26H27F2N3O3S/c1-19-5-2-3-7-22(19)18-30(17-20-6-4-12-29-16-20)26(32)21-10-13-31(14-11-21)35(33,34)23-8-9-24(27)25(28)15-23/h2-9,12,15-16,21H,10-11,13-14,17-18H2,1H3. The molecule has 6 nitrogen and oxygen atoms in total.